The van der Waals surface area contributed by atoms with Crippen LogP contribution in [0.1, 0.15) is 22.5 Å². The standard InChI is InChI=1S/C14H18N2O4S/c1-15(13(18)11-6-4-8-21-11)9-12(17)16-7-3-5-10(16)14(19)20-2/h4,6,8,10H,3,5,7,9H2,1-2H3. The molecule has 0 aromatic carbocycles. The van der Waals surface area contributed by atoms with Gasteiger partial charge in [-0.15, -0.1) is 11.3 Å². The zero-order chi connectivity index (χ0) is 15.4. The highest BCUT2D eigenvalue weighted by Crippen LogP contribution is 2.19. The number of carbonyl (C=O) groups is 3. The van der Waals surface area contributed by atoms with Gasteiger partial charge in [0.1, 0.15) is 6.04 Å². The van der Waals surface area contributed by atoms with Gasteiger partial charge in [-0.25, -0.2) is 4.79 Å². The van der Waals surface area contributed by atoms with Crippen molar-refractivity contribution >= 4 is 29.1 Å². The van der Waals surface area contributed by atoms with Crippen molar-refractivity contribution in [3.8, 4) is 0 Å². The third-order valence-electron chi connectivity index (χ3n) is 3.50. The Morgan fingerprint density at radius 1 is 1.48 bits per heavy atom. The van der Waals surface area contributed by atoms with Crippen molar-refractivity contribution < 1.29 is 19.1 Å². The molecule has 2 rings (SSSR count). The zero-order valence-electron chi connectivity index (χ0n) is 12.1. The molecule has 1 aromatic rings. The predicted molar refractivity (Wildman–Crippen MR) is 78.0 cm³/mol. The molecular formula is C14H18N2O4S. The number of rotatable bonds is 4. The van der Waals surface area contributed by atoms with Crippen LogP contribution in [-0.4, -0.2) is 60.9 Å². The van der Waals surface area contributed by atoms with Crippen LogP contribution in [0.4, 0.5) is 0 Å². The molecule has 2 heterocycles. The van der Waals surface area contributed by atoms with Gasteiger partial charge in [0.25, 0.3) is 5.91 Å². The Hall–Kier alpha value is -1.89. The van der Waals surface area contributed by atoms with E-state index >= 15 is 0 Å². The number of likely N-dealkylation sites (tertiary alicyclic amines) is 1. The van der Waals surface area contributed by atoms with Crippen LogP contribution < -0.4 is 0 Å². The molecule has 0 aliphatic carbocycles. The minimum absolute atomic E-state index is 0.0375. The third kappa shape index (κ3) is 3.41. The summed E-state index contributed by atoms with van der Waals surface area (Å²) in [5.41, 5.74) is 0. The summed E-state index contributed by atoms with van der Waals surface area (Å²) in [5.74, 6) is -0.810. The Kier molecular flexibility index (Phi) is 4.95. The van der Waals surface area contributed by atoms with E-state index in [-0.39, 0.29) is 18.4 Å². The summed E-state index contributed by atoms with van der Waals surface area (Å²) in [5, 5.41) is 1.82. The normalized spacial score (nSPS) is 17.6. The van der Waals surface area contributed by atoms with Crippen LogP contribution >= 0.6 is 11.3 Å². The highest BCUT2D eigenvalue weighted by molar-refractivity contribution is 7.12. The minimum Gasteiger partial charge on any atom is -0.467 e. The molecule has 1 saturated heterocycles. The van der Waals surface area contributed by atoms with E-state index in [0.717, 1.165) is 6.42 Å². The highest BCUT2D eigenvalue weighted by Gasteiger charge is 2.35. The molecule has 7 heteroatoms. The van der Waals surface area contributed by atoms with Crippen molar-refractivity contribution in [1.29, 1.82) is 0 Å². The van der Waals surface area contributed by atoms with E-state index in [1.807, 2.05) is 5.38 Å². The summed E-state index contributed by atoms with van der Waals surface area (Å²) in [6, 6.07) is 3.00. The largest absolute Gasteiger partial charge is 0.467 e. The number of likely N-dealkylation sites (N-methyl/N-ethyl adjacent to an activating group) is 1. The van der Waals surface area contributed by atoms with Crippen molar-refractivity contribution in [2.24, 2.45) is 0 Å². The second-order valence-electron chi connectivity index (χ2n) is 4.91. The molecule has 114 valence electrons. The maximum absolute atomic E-state index is 12.3. The Morgan fingerprint density at radius 3 is 2.86 bits per heavy atom. The Morgan fingerprint density at radius 2 is 2.24 bits per heavy atom. The van der Waals surface area contributed by atoms with Crippen LogP contribution in [0, 0.1) is 0 Å². The van der Waals surface area contributed by atoms with Gasteiger partial charge < -0.3 is 14.5 Å². The van der Waals surface area contributed by atoms with Crippen molar-refractivity contribution in [1.82, 2.24) is 9.80 Å². The summed E-state index contributed by atoms with van der Waals surface area (Å²) >= 11 is 1.34. The zero-order valence-corrected chi connectivity index (χ0v) is 12.9. The number of amides is 2. The second kappa shape index (κ2) is 6.71. The first-order valence-corrected chi connectivity index (χ1v) is 7.59. The van der Waals surface area contributed by atoms with Crippen LogP contribution in [0.2, 0.25) is 0 Å². The van der Waals surface area contributed by atoms with E-state index in [4.69, 9.17) is 4.74 Å². The lowest BCUT2D eigenvalue weighted by atomic mass is 10.2. The van der Waals surface area contributed by atoms with Gasteiger partial charge in [0.15, 0.2) is 0 Å². The van der Waals surface area contributed by atoms with Gasteiger partial charge in [-0.05, 0) is 24.3 Å². The smallest absolute Gasteiger partial charge is 0.328 e. The van der Waals surface area contributed by atoms with Gasteiger partial charge in [-0.3, -0.25) is 9.59 Å². The van der Waals surface area contributed by atoms with Crippen LogP contribution in [-0.2, 0) is 14.3 Å². The lowest BCUT2D eigenvalue weighted by Crippen LogP contribution is -2.46. The number of thiophene rings is 1. The van der Waals surface area contributed by atoms with Gasteiger partial charge >= 0.3 is 5.97 Å². The molecule has 6 nitrogen and oxygen atoms in total. The van der Waals surface area contributed by atoms with Gasteiger partial charge in [-0.2, -0.15) is 0 Å². The fourth-order valence-electron chi connectivity index (χ4n) is 2.40. The fraction of sp³-hybridized carbons (Fsp3) is 0.500. The van der Waals surface area contributed by atoms with Crippen molar-refractivity contribution in [2.45, 2.75) is 18.9 Å². The summed E-state index contributed by atoms with van der Waals surface area (Å²) in [7, 11) is 2.90. The molecule has 2 amide bonds. The van der Waals surface area contributed by atoms with Gasteiger partial charge in [0.05, 0.1) is 18.5 Å². The molecule has 1 aliphatic heterocycles. The molecule has 1 unspecified atom stereocenters. The van der Waals surface area contributed by atoms with Crippen LogP contribution in [0.5, 0.6) is 0 Å². The fourth-order valence-corrected chi connectivity index (χ4v) is 3.12. The number of hydrogen-bond acceptors (Lipinski definition) is 5. The molecule has 1 aromatic heterocycles. The third-order valence-corrected chi connectivity index (χ3v) is 4.36. The molecule has 0 radical (unpaired) electrons. The Bertz CT molecular complexity index is 529. The average Bonchev–Trinajstić information content (AvgIpc) is 3.16. The number of hydrogen-bond donors (Lipinski definition) is 0. The molecule has 1 atom stereocenters. The topological polar surface area (TPSA) is 66.9 Å². The average molecular weight is 310 g/mol. The molecule has 0 spiro atoms. The molecule has 0 saturated carbocycles. The molecular weight excluding hydrogens is 292 g/mol. The first-order valence-electron chi connectivity index (χ1n) is 6.71. The van der Waals surface area contributed by atoms with Crippen molar-refractivity contribution in [3.05, 3.63) is 22.4 Å². The van der Waals surface area contributed by atoms with Crippen molar-refractivity contribution in [2.75, 3.05) is 27.2 Å². The number of esters is 1. The quantitative estimate of drug-likeness (QED) is 0.778. The summed E-state index contributed by atoms with van der Waals surface area (Å²) in [6.07, 6.45) is 1.38. The number of ether oxygens (including phenoxy) is 1. The monoisotopic (exact) mass is 310 g/mol. The van der Waals surface area contributed by atoms with E-state index in [1.165, 1.54) is 28.2 Å². The first-order chi connectivity index (χ1) is 10.0. The molecule has 1 aliphatic rings. The minimum atomic E-state index is -0.521. The number of methoxy groups -OCH3 is 1. The van der Waals surface area contributed by atoms with E-state index < -0.39 is 12.0 Å². The van der Waals surface area contributed by atoms with Crippen LogP contribution in [0.3, 0.4) is 0 Å². The molecule has 21 heavy (non-hydrogen) atoms. The van der Waals surface area contributed by atoms with Crippen molar-refractivity contribution in [3.63, 3.8) is 0 Å². The second-order valence-corrected chi connectivity index (χ2v) is 5.85. The van der Waals surface area contributed by atoms with Gasteiger partial charge in [0.2, 0.25) is 5.91 Å². The van der Waals surface area contributed by atoms with Crippen LogP contribution in [0.15, 0.2) is 17.5 Å². The lowest BCUT2D eigenvalue weighted by molar-refractivity contribution is -0.151. The first kappa shape index (κ1) is 15.5. The SMILES string of the molecule is COC(=O)C1CCCN1C(=O)CN(C)C(=O)c1cccs1. The van der Waals surface area contributed by atoms with Crippen LogP contribution in [0.25, 0.3) is 0 Å². The van der Waals surface area contributed by atoms with E-state index in [9.17, 15) is 14.4 Å². The molecule has 0 bridgehead atoms. The Balaban J connectivity index is 1.97. The molecule has 0 N–H and O–H groups in total. The Labute approximate surface area is 127 Å². The van der Waals surface area contributed by atoms with E-state index in [0.29, 0.717) is 17.8 Å². The molecule has 1 fully saturated rings. The maximum atomic E-state index is 12.3. The summed E-state index contributed by atoms with van der Waals surface area (Å²) < 4.78 is 4.71. The summed E-state index contributed by atoms with van der Waals surface area (Å²) in [6.45, 7) is 0.490. The summed E-state index contributed by atoms with van der Waals surface area (Å²) in [4.78, 5) is 39.5. The van der Waals surface area contributed by atoms with E-state index in [2.05, 4.69) is 0 Å². The van der Waals surface area contributed by atoms with Gasteiger partial charge in [0, 0.05) is 13.6 Å². The maximum Gasteiger partial charge on any atom is 0.328 e. The predicted octanol–water partition coefficient (Wildman–Crippen LogP) is 0.984. The number of nitrogens with zero attached hydrogens (tertiary/aromatic N) is 2. The number of carbonyl (C=O) groups excluding carboxylic acids is 3. The van der Waals surface area contributed by atoms with Gasteiger partial charge in [-0.1, -0.05) is 6.07 Å². The van der Waals surface area contributed by atoms with E-state index in [1.54, 1.807) is 19.2 Å². The lowest BCUT2D eigenvalue weighted by Gasteiger charge is -2.25. The highest BCUT2D eigenvalue weighted by atomic mass is 32.1.